The quantitative estimate of drug-likeness (QED) is 0.349. The van der Waals surface area contributed by atoms with Crippen molar-refractivity contribution in [1.82, 2.24) is 15.1 Å². The summed E-state index contributed by atoms with van der Waals surface area (Å²) < 4.78 is 7.31. The monoisotopic (exact) mass is 622 g/mol. The van der Waals surface area contributed by atoms with Gasteiger partial charge >= 0.3 is 0 Å². The van der Waals surface area contributed by atoms with E-state index in [1.165, 1.54) is 9.80 Å². The largest absolute Gasteiger partial charge is 0.473 e. The standard InChI is InChI=1S/C36H39N5O5/c1-24(2)31-35(45)41(29(26-14-10-7-11-15-26)22-40(31)34(44)27-16-18-39(5)19-17-27)28(20-25-12-8-6-9-13-25)32(43)37-21-30(42)33-38-36(3,4)23-46-33/h6-19,22,24,28,31H,20-21,23H2,1-5H3/p+1/t28-,31+/m0/s1. The first-order valence-corrected chi connectivity index (χ1v) is 15.4. The summed E-state index contributed by atoms with van der Waals surface area (Å²) in [5, 5.41) is 2.75. The van der Waals surface area contributed by atoms with Crippen LogP contribution in [0.5, 0.6) is 0 Å². The van der Waals surface area contributed by atoms with Crippen LogP contribution >= 0.6 is 0 Å². The van der Waals surface area contributed by atoms with Gasteiger partial charge in [-0.15, -0.1) is 0 Å². The lowest BCUT2D eigenvalue weighted by molar-refractivity contribution is -0.671. The number of pyridine rings is 1. The fourth-order valence-corrected chi connectivity index (χ4v) is 5.61. The summed E-state index contributed by atoms with van der Waals surface area (Å²) in [5.41, 5.74) is 1.81. The molecule has 2 aliphatic heterocycles. The molecule has 238 valence electrons. The third-order valence-corrected chi connectivity index (χ3v) is 7.99. The van der Waals surface area contributed by atoms with E-state index in [-0.39, 0.29) is 43.2 Å². The fraction of sp³-hybridized carbons (Fsp3) is 0.333. The van der Waals surface area contributed by atoms with Gasteiger partial charge in [0.2, 0.25) is 11.7 Å². The smallest absolute Gasteiger partial charge is 0.259 e. The fourth-order valence-electron chi connectivity index (χ4n) is 5.61. The predicted octanol–water partition coefficient (Wildman–Crippen LogP) is 3.32. The molecule has 2 aromatic carbocycles. The second-order valence-electron chi connectivity index (χ2n) is 12.6. The first-order valence-electron chi connectivity index (χ1n) is 15.4. The summed E-state index contributed by atoms with van der Waals surface area (Å²) in [7, 11) is 1.86. The highest BCUT2D eigenvalue weighted by Crippen LogP contribution is 2.33. The summed E-state index contributed by atoms with van der Waals surface area (Å²) in [4.78, 5) is 63.0. The Morgan fingerprint density at radius 2 is 1.63 bits per heavy atom. The Hall–Kier alpha value is -5.12. The molecule has 2 atom stereocenters. The normalized spacial score (nSPS) is 18.0. The van der Waals surface area contributed by atoms with Gasteiger partial charge in [0.15, 0.2) is 12.4 Å². The minimum atomic E-state index is -1.04. The molecule has 10 heteroatoms. The van der Waals surface area contributed by atoms with E-state index < -0.39 is 29.3 Å². The van der Waals surface area contributed by atoms with Crippen molar-refractivity contribution < 1.29 is 28.5 Å². The number of ether oxygens (including phenoxy) is 1. The van der Waals surface area contributed by atoms with E-state index in [2.05, 4.69) is 10.3 Å². The van der Waals surface area contributed by atoms with Crippen LogP contribution in [0.15, 0.2) is 96.4 Å². The van der Waals surface area contributed by atoms with Gasteiger partial charge in [-0.1, -0.05) is 74.5 Å². The van der Waals surface area contributed by atoms with Gasteiger partial charge < -0.3 is 15.0 Å². The van der Waals surface area contributed by atoms with E-state index in [4.69, 9.17) is 4.74 Å². The molecule has 2 aliphatic rings. The highest BCUT2D eigenvalue weighted by molar-refractivity contribution is 6.37. The van der Waals surface area contributed by atoms with Crippen LogP contribution in [-0.2, 0) is 32.6 Å². The summed E-state index contributed by atoms with van der Waals surface area (Å²) in [6, 6.07) is 20.1. The van der Waals surface area contributed by atoms with Gasteiger partial charge in [-0.05, 0) is 30.9 Å². The van der Waals surface area contributed by atoms with Crippen LogP contribution in [0.25, 0.3) is 5.70 Å². The number of rotatable bonds is 10. The van der Waals surface area contributed by atoms with E-state index in [0.29, 0.717) is 16.8 Å². The van der Waals surface area contributed by atoms with Gasteiger partial charge in [0, 0.05) is 24.8 Å². The van der Waals surface area contributed by atoms with Crippen LogP contribution in [0.3, 0.4) is 0 Å². The molecule has 10 nitrogen and oxygen atoms in total. The molecule has 3 aromatic rings. The van der Waals surface area contributed by atoms with E-state index in [1.54, 1.807) is 30.7 Å². The molecule has 1 aromatic heterocycles. The van der Waals surface area contributed by atoms with Crippen molar-refractivity contribution in [2.75, 3.05) is 13.2 Å². The van der Waals surface area contributed by atoms with Crippen molar-refractivity contribution in [1.29, 1.82) is 0 Å². The maximum absolute atomic E-state index is 14.7. The maximum atomic E-state index is 14.7. The molecular formula is C36H40N5O5+. The number of aromatic nitrogens is 1. The van der Waals surface area contributed by atoms with Crippen molar-refractivity contribution in [2.24, 2.45) is 18.0 Å². The van der Waals surface area contributed by atoms with Crippen molar-refractivity contribution in [2.45, 2.75) is 51.7 Å². The van der Waals surface area contributed by atoms with Crippen LogP contribution in [0.1, 0.15) is 49.2 Å². The number of carbonyl (C=O) groups is 4. The molecule has 3 amide bonds. The lowest BCUT2D eigenvalue weighted by atomic mass is 9.93. The number of hydrogen-bond acceptors (Lipinski definition) is 6. The lowest BCUT2D eigenvalue weighted by Crippen LogP contribution is -2.60. The van der Waals surface area contributed by atoms with Gasteiger partial charge in [-0.25, -0.2) is 9.56 Å². The van der Waals surface area contributed by atoms with Crippen molar-refractivity contribution in [3.8, 4) is 0 Å². The molecule has 0 bridgehead atoms. The zero-order valence-corrected chi connectivity index (χ0v) is 26.8. The first-order chi connectivity index (χ1) is 21.9. The summed E-state index contributed by atoms with van der Waals surface area (Å²) in [6.07, 6.45) is 5.41. The molecule has 46 heavy (non-hydrogen) atoms. The molecule has 5 rings (SSSR count). The number of ketones is 1. The number of amides is 3. The van der Waals surface area contributed by atoms with Gasteiger partial charge in [0.25, 0.3) is 17.7 Å². The topological polar surface area (TPSA) is 112 Å². The average molecular weight is 623 g/mol. The van der Waals surface area contributed by atoms with Crippen LogP contribution in [0, 0.1) is 5.92 Å². The predicted molar refractivity (Wildman–Crippen MR) is 173 cm³/mol. The van der Waals surface area contributed by atoms with Crippen LogP contribution in [0.4, 0.5) is 0 Å². The molecule has 0 saturated carbocycles. The molecule has 0 radical (unpaired) electrons. The summed E-state index contributed by atoms with van der Waals surface area (Å²) in [5.74, 6) is -1.98. The molecule has 0 saturated heterocycles. The van der Waals surface area contributed by atoms with E-state index in [9.17, 15) is 19.2 Å². The Labute approximate surface area is 269 Å². The number of Topliss-reactive ketones (excluding diaryl/α,β-unsaturated/α-hetero) is 1. The number of hydrogen-bond donors (Lipinski definition) is 1. The molecule has 1 N–H and O–H groups in total. The minimum Gasteiger partial charge on any atom is -0.473 e. The van der Waals surface area contributed by atoms with Gasteiger partial charge in [0.1, 0.15) is 25.7 Å². The zero-order valence-electron chi connectivity index (χ0n) is 26.8. The van der Waals surface area contributed by atoms with Crippen LogP contribution in [0.2, 0.25) is 0 Å². The van der Waals surface area contributed by atoms with Gasteiger partial charge in [0.05, 0.1) is 23.3 Å². The summed E-state index contributed by atoms with van der Waals surface area (Å²) in [6.45, 7) is 7.41. The molecule has 0 spiro atoms. The Morgan fingerprint density at radius 1 is 1.00 bits per heavy atom. The van der Waals surface area contributed by atoms with Crippen molar-refractivity contribution in [3.05, 3.63) is 108 Å². The number of aliphatic imine (C=N–C) groups is 1. The molecule has 3 heterocycles. The summed E-state index contributed by atoms with van der Waals surface area (Å²) >= 11 is 0. The molecule has 0 unspecified atom stereocenters. The Balaban J connectivity index is 1.57. The van der Waals surface area contributed by atoms with Crippen molar-refractivity contribution in [3.63, 3.8) is 0 Å². The second kappa shape index (κ2) is 13.5. The van der Waals surface area contributed by atoms with E-state index in [1.807, 2.05) is 100.0 Å². The van der Waals surface area contributed by atoms with Gasteiger partial charge in [-0.2, -0.15) is 0 Å². The number of nitrogens with zero attached hydrogens (tertiary/aromatic N) is 4. The highest BCUT2D eigenvalue weighted by Gasteiger charge is 2.45. The second-order valence-corrected chi connectivity index (χ2v) is 12.6. The zero-order chi connectivity index (χ0) is 33.0. The molecular weight excluding hydrogens is 582 g/mol. The number of benzene rings is 2. The molecule has 0 fully saturated rings. The Bertz CT molecular complexity index is 1670. The lowest BCUT2D eigenvalue weighted by Gasteiger charge is -2.44. The first kappa shape index (κ1) is 32.3. The molecule has 0 aliphatic carbocycles. The number of carbonyl (C=O) groups excluding carboxylic acids is 4. The van der Waals surface area contributed by atoms with E-state index in [0.717, 1.165) is 5.56 Å². The van der Waals surface area contributed by atoms with Crippen molar-refractivity contribution >= 4 is 35.1 Å². The third kappa shape index (κ3) is 7.06. The minimum absolute atomic E-state index is 0.0210. The average Bonchev–Trinajstić information content (AvgIpc) is 3.42. The highest BCUT2D eigenvalue weighted by atomic mass is 16.5. The van der Waals surface area contributed by atoms with E-state index >= 15 is 0 Å². The Morgan fingerprint density at radius 3 is 2.22 bits per heavy atom. The van der Waals surface area contributed by atoms with Crippen LogP contribution in [-0.4, -0.2) is 70.0 Å². The third-order valence-electron chi connectivity index (χ3n) is 7.99. The van der Waals surface area contributed by atoms with Crippen LogP contribution < -0.4 is 9.88 Å². The number of nitrogens with one attached hydrogen (secondary N) is 1. The number of aryl methyl sites for hydroxylation is 1. The Kier molecular flexibility index (Phi) is 9.46. The maximum Gasteiger partial charge on any atom is 0.259 e. The van der Waals surface area contributed by atoms with Gasteiger partial charge in [-0.3, -0.25) is 24.1 Å². The SMILES string of the molecule is CC(C)[C@@H]1C(=O)N([C@@H](Cc2ccccc2)C(=O)NCC(=O)C2=NC(C)(C)CO2)C(c2ccccc2)=CN1C(=O)c1cc[n+](C)cc1.